The van der Waals surface area contributed by atoms with Crippen molar-refractivity contribution < 1.29 is 64.3 Å². The minimum absolute atomic E-state index is 0.0446. The Bertz CT molecular complexity index is 667. The molecule has 1 amide bonds. The van der Waals surface area contributed by atoms with E-state index >= 15 is 0 Å². The minimum Gasteiger partial charge on any atom is -0.458 e. The van der Waals surface area contributed by atoms with Gasteiger partial charge in [0.25, 0.3) is 5.91 Å². The maximum Gasteiger partial charge on any atom is 0.306 e. The van der Waals surface area contributed by atoms with Crippen LogP contribution >= 0.6 is 0 Å². The molecule has 7 unspecified atom stereocenters. The molecule has 0 aromatic carbocycles. The van der Waals surface area contributed by atoms with Crippen LogP contribution in [0.4, 0.5) is 0 Å². The molecule has 10 atom stereocenters. The van der Waals surface area contributed by atoms with Crippen molar-refractivity contribution in [3.8, 4) is 0 Å². The third kappa shape index (κ3) is 10.3. The van der Waals surface area contributed by atoms with E-state index in [0.717, 1.165) is 12.8 Å². The third-order valence-electron chi connectivity index (χ3n) is 6.00. The average molecular weight is 542 g/mol. The van der Waals surface area contributed by atoms with Gasteiger partial charge in [-0.15, -0.1) is 0 Å². The number of aliphatic hydroxyl groups is 7. The van der Waals surface area contributed by atoms with Gasteiger partial charge in [-0.1, -0.05) is 26.7 Å². The molecule has 0 radical (unpaired) electrons. The van der Waals surface area contributed by atoms with Crippen LogP contribution in [0.1, 0.15) is 46.0 Å². The zero-order valence-electron chi connectivity index (χ0n) is 21.5. The van der Waals surface area contributed by atoms with E-state index in [4.69, 9.17) is 18.9 Å². The van der Waals surface area contributed by atoms with Crippen molar-refractivity contribution >= 4 is 11.9 Å². The number of esters is 1. The van der Waals surface area contributed by atoms with Crippen LogP contribution in [0.5, 0.6) is 0 Å². The molecular formula is C23H43NO13. The summed E-state index contributed by atoms with van der Waals surface area (Å²) < 4.78 is 21.0. The summed E-state index contributed by atoms with van der Waals surface area (Å²) in [5, 5.41) is 73.1. The number of nitrogens with one attached hydrogen (secondary N) is 1. The van der Waals surface area contributed by atoms with Crippen LogP contribution in [0.2, 0.25) is 0 Å². The van der Waals surface area contributed by atoms with Gasteiger partial charge in [-0.3, -0.25) is 9.59 Å². The molecule has 14 heteroatoms. The first-order valence-corrected chi connectivity index (χ1v) is 12.5. The van der Waals surface area contributed by atoms with Gasteiger partial charge in [-0.25, -0.2) is 0 Å². The number of carbonyl (C=O) groups excluding carboxylic acids is 2. The first-order chi connectivity index (χ1) is 17.5. The van der Waals surface area contributed by atoms with Gasteiger partial charge in [-0.05, 0) is 12.8 Å². The summed E-state index contributed by atoms with van der Waals surface area (Å²) in [6.07, 6.45) is -13.5. The van der Waals surface area contributed by atoms with Crippen LogP contribution < -0.4 is 5.32 Å². The molecule has 0 spiro atoms. The zero-order chi connectivity index (χ0) is 28.1. The van der Waals surface area contributed by atoms with Gasteiger partial charge < -0.3 is 60.0 Å². The summed E-state index contributed by atoms with van der Waals surface area (Å²) in [4.78, 5) is 24.5. The summed E-state index contributed by atoms with van der Waals surface area (Å²) in [5.41, 5.74) is 0. The lowest BCUT2D eigenvalue weighted by Gasteiger charge is -2.42. The molecule has 218 valence electrons. The summed E-state index contributed by atoms with van der Waals surface area (Å²) in [7, 11) is 1.37. The van der Waals surface area contributed by atoms with E-state index in [1.54, 1.807) is 6.92 Å². The van der Waals surface area contributed by atoms with Crippen LogP contribution in [0.25, 0.3) is 0 Å². The van der Waals surface area contributed by atoms with Crippen LogP contribution in [-0.2, 0) is 28.5 Å². The molecule has 1 aliphatic rings. The number of hydrogen-bond donors (Lipinski definition) is 8. The van der Waals surface area contributed by atoms with Crippen molar-refractivity contribution in [3.63, 3.8) is 0 Å². The van der Waals surface area contributed by atoms with E-state index in [2.05, 4.69) is 5.32 Å². The highest BCUT2D eigenvalue weighted by molar-refractivity contribution is 5.81. The fourth-order valence-corrected chi connectivity index (χ4v) is 3.76. The number of unbranched alkanes of at least 4 members (excludes halogenated alkanes) is 2. The first-order valence-electron chi connectivity index (χ1n) is 12.5. The highest BCUT2D eigenvalue weighted by atomic mass is 16.7. The molecule has 8 N–H and O–H groups in total. The summed E-state index contributed by atoms with van der Waals surface area (Å²) in [5.74, 6) is -1.59. The maximum absolute atomic E-state index is 12.5. The van der Waals surface area contributed by atoms with Crippen molar-refractivity contribution in [2.75, 3.05) is 26.9 Å². The highest BCUT2D eigenvalue weighted by Gasteiger charge is 2.47. The normalized spacial score (nSPS) is 28.1. The van der Waals surface area contributed by atoms with Gasteiger partial charge in [0, 0.05) is 13.5 Å². The molecule has 0 bridgehead atoms. The second kappa shape index (κ2) is 17.2. The number of aliphatic hydroxyl groups excluding tert-OH is 7. The molecule has 0 aromatic rings. The van der Waals surface area contributed by atoms with Crippen molar-refractivity contribution in [2.24, 2.45) is 0 Å². The van der Waals surface area contributed by atoms with Gasteiger partial charge in [0.15, 0.2) is 12.4 Å². The number of carbonyl (C=O) groups is 2. The molecular weight excluding hydrogens is 498 g/mol. The van der Waals surface area contributed by atoms with Crippen molar-refractivity contribution in [3.05, 3.63) is 0 Å². The monoisotopic (exact) mass is 541 g/mol. The lowest BCUT2D eigenvalue weighted by atomic mass is 9.97. The molecule has 14 nitrogen and oxygen atoms in total. The quantitative estimate of drug-likeness (QED) is 0.0676. The minimum atomic E-state index is -2.19. The first kappa shape index (κ1) is 33.6. The Morgan fingerprint density at radius 1 is 1.03 bits per heavy atom. The summed E-state index contributed by atoms with van der Waals surface area (Å²) in [6, 6.07) is 0. The van der Waals surface area contributed by atoms with Crippen LogP contribution in [0, 0.1) is 0 Å². The van der Waals surface area contributed by atoms with Crippen LogP contribution in [0.15, 0.2) is 0 Å². The second-order valence-electron chi connectivity index (χ2n) is 8.98. The van der Waals surface area contributed by atoms with Gasteiger partial charge in [0.2, 0.25) is 0 Å². The molecule has 1 rings (SSSR count). The molecule has 0 aromatic heterocycles. The second-order valence-corrected chi connectivity index (χ2v) is 8.98. The lowest BCUT2D eigenvalue weighted by Crippen LogP contribution is -2.61. The predicted molar refractivity (Wildman–Crippen MR) is 126 cm³/mol. The van der Waals surface area contributed by atoms with E-state index in [0.29, 0.717) is 6.42 Å². The van der Waals surface area contributed by atoms with E-state index in [1.807, 2.05) is 6.92 Å². The molecule has 0 saturated carbocycles. The predicted octanol–water partition coefficient (Wildman–Crippen LogP) is -3.08. The van der Waals surface area contributed by atoms with Crippen molar-refractivity contribution in [1.82, 2.24) is 5.32 Å². The van der Waals surface area contributed by atoms with Gasteiger partial charge >= 0.3 is 5.97 Å². The lowest BCUT2D eigenvalue weighted by molar-refractivity contribution is -0.323. The molecule has 1 aliphatic heterocycles. The van der Waals surface area contributed by atoms with Crippen molar-refractivity contribution in [1.29, 1.82) is 0 Å². The van der Waals surface area contributed by atoms with E-state index < -0.39 is 79.7 Å². The standard InChI is InChI=1S/C23H43NO13/c1-4-6-7-8-15(27)35-12(11-34-3)9-24-22(33)19(31)18(30)21(13(26)10-25)37-23-20(32)17(29)16(28)14(5-2)36-23/h12-14,16-21,23,25-26,28-32H,4-11H2,1-3H3,(H,24,33)/t12?,13?,14?,16-,17?,18?,19?,20-,21?,23-/m1/s1. The molecule has 1 fully saturated rings. The number of ether oxygens (including phenoxy) is 4. The van der Waals surface area contributed by atoms with Gasteiger partial charge in [0.1, 0.15) is 42.7 Å². The van der Waals surface area contributed by atoms with E-state index in [9.17, 15) is 45.3 Å². The third-order valence-corrected chi connectivity index (χ3v) is 6.00. The molecule has 1 heterocycles. The highest BCUT2D eigenvalue weighted by Crippen LogP contribution is 2.26. The van der Waals surface area contributed by atoms with Gasteiger partial charge in [0.05, 0.1) is 25.9 Å². The maximum atomic E-state index is 12.5. The summed E-state index contributed by atoms with van der Waals surface area (Å²) in [6.45, 7) is 2.38. The zero-order valence-corrected chi connectivity index (χ0v) is 21.5. The smallest absolute Gasteiger partial charge is 0.306 e. The Hall–Kier alpha value is -1.46. The van der Waals surface area contributed by atoms with E-state index in [-0.39, 0.29) is 26.0 Å². The fraction of sp³-hybridized carbons (Fsp3) is 0.913. The Balaban J connectivity index is 2.81. The van der Waals surface area contributed by atoms with Crippen molar-refractivity contribution in [2.45, 2.75) is 107 Å². The van der Waals surface area contributed by atoms with Crippen LogP contribution in [-0.4, -0.2) is 136 Å². The molecule has 1 saturated heterocycles. The molecule has 0 aliphatic carbocycles. The van der Waals surface area contributed by atoms with Crippen LogP contribution in [0.3, 0.4) is 0 Å². The number of rotatable bonds is 17. The Labute approximate surface area is 216 Å². The number of amides is 1. The fourth-order valence-electron chi connectivity index (χ4n) is 3.76. The Kier molecular flexibility index (Phi) is 15.6. The van der Waals surface area contributed by atoms with E-state index in [1.165, 1.54) is 7.11 Å². The van der Waals surface area contributed by atoms with Gasteiger partial charge in [-0.2, -0.15) is 0 Å². The average Bonchev–Trinajstić information content (AvgIpc) is 2.88. The Morgan fingerprint density at radius 2 is 1.70 bits per heavy atom. The Morgan fingerprint density at radius 3 is 2.27 bits per heavy atom. The largest absolute Gasteiger partial charge is 0.458 e. The summed E-state index contributed by atoms with van der Waals surface area (Å²) >= 11 is 0. The topological polar surface area (TPSA) is 225 Å². The molecule has 37 heavy (non-hydrogen) atoms. The SMILES string of the molecule is CCCCCC(=O)OC(CNC(=O)C(O)C(O)C(O[C@H]1OC(CC)[C@@H](O)C(O)[C@H]1O)C(O)CO)COC. The number of hydrogen-bond acceptors (Lipinski definition) is 13. The number of methoxy groups -OCH3 is 1.